The molecule has 0 aromatic carbocycles. The van der Waals surface area contributed by atoms with Gasteiger partial charge in [0.15, 0.2) is 0 Å². The lowest BCUT2D eigenvalue weighted by atomic mass is 9.81. The second kappa shape index (κ2) is 7.01. The normalized spacial score (nSPS) is 20.1. The molecule has 0 spiro atoms. The zero-order valence-electron chi connectivity index (χ0n) is 12.1. The van der Waals surface area contributed by atoms with Gasteiger partial charge in [-0.2, -0.15) is 12.6 Å². The Labute approximate surface area is 113 Å². The summed E-state index contributed by atoms with van der Waals surface area (Å²) in [5.41, 5.74) is 0.365. The van der Waals surface area contributed by atoms with Crippen molar-refractivity contribution in [2.45, 2.75) is 33.6 Å². The van der Waals surface area contributed by atoms with E-state index in [1.807, 2.05) is 0 Å². The van der Waals surface area contributed by atoms with E-state index in [4.69, 9.17) is 0 Å². The fraction of sp³-hybridized carbons (Fsp3) is 1.00. The summed E-state index contributed by atoms with van der Waals surface area (Å²) < 4.78 is 0. The second-order valence-corrected chi connectivity index (χ2v) is 6.92. The highest BCUT2D eigenvalue weighted by molar-refractivity contribution is 7.80. The first-order valence-electron chi connectivity index (χ1n) is 6.95. The highest BCUT2D eigenvalue weighted by atomic mass is 32.1. The van der Waals surface area contributed by atoms with Crippen molar-refractivity contribution in [3.05, 3.63) is 0 Å². The molecule has 1 heterocycles. The van der Waals surface area contributed by atoms with Crippen LogP contribution in [0.2, 0.25) is 0 Å². The van der Waals surface area contributed by atoms with Gasteiger partial charge in [0, 0.05) is 19.6 Å². The second-order valence-electron chi connectivity index (χ2n) is 6.56. The minimum atomic E-state index is 0.365. The van der Waals surface area contributed by atoms with Crippen LogP contribution >= 0.6 is 12.6 Å². The average molecular weight is 258 g/mol. The van der Waals surface area contributed by atoms with Crippen LogP contribution < -0.4 is 0 Å². The lowest BCUT2D eigenvalue weighted by Crippen LogP contribution is -2.38. The van der Waals surface area contributed by atoms with Crippen molar-refractivity contribution in [3.8, 4) is 0 Å². The smallest absolute Gasteiger partial charge is 0.0109 e. The van der Waals surface area contributed by atoms with Gasteiger partial charge in [-0.1, -0.05) is 20.8 Å². The summed E-state index contributed by atoms with van der Waals surface area (Å²) >= 11 is 4.50. The van der Waals surface area contributed by atoms with E-state index in [-0.39, 0.29) is 0 Å². The molecular formula is C14H30N2S. The van der Waals surface area contributed by atoms with Crippen LogP contribution in [0.15, 0.2) is 0 Å². The number of likely N-dealkylation sites (N-methyl/N-ethyl adjacent to an activating group) is 1. The number of hydrogen-bond acceptors (Lipinski definition) is 3. The molecule has 0 aromatic heterocycles. The molecule has 2 nitrogen and oxygen atoms in total. The third kappa shape index (κ3) is 5.62. The van der Waals surface area contributed by atoms with Gasteiger partial charge in [0.2, 0.25) is 0 Å². The minimum Gasteiger partial charge on any atom is -0.305 e. The summed E-state index contributed by atoms with van der Waals surface area (Å²) in [6.45, 7) is 13.2. The van der Waals surface area contributed by atoms with Crippen LogP contribution in [0.5, 0.6) is 0 Å². The SMILES string of the molecule is CN(CCN1CCCC1)CC(CS)C(C)(C)C. The van der Waals surface area contributed by atoms with E-state index in [2.05, 4.69) is 50.2 Å². The number of likely N-dealkylation sites (tertiary alicyclic amines) is 1. The van der Waals surface area contributed by atoms with Gasteiger partial charge in [-0.05, 0) is 50.1 Å². The van der Waals surface area contributed by atoms with Crippen molar-refractivity contribution in [2.75, 3.05) is 45.5 Å². The van der Waals surface area contributed by atoms with E-state index in [1.54, 1.807) is 0 Å². The molecule has 17 heavy (non-hydrogen) atoms. The summed E-state index contributed by atoms with van der Waals surface area (Å²) in [5.74, 6) is 1.66. The van der Waals surface area contributed by atoms with Gasteiger partial charge in [0.05, 0.1) is 0 Å². The summed E-state index contributed by atoms with van der Waals surface area (Å²) in [6.07, 6.45) is 2.79. The van der Waals surface area contributed by atoms with Crippen LogP contribution in [-0.2, 0) is 0 Å². The highest BCUT2D eigenvalue weighted by Crippen LogP contribution is 2.27. The Morgan fingerprint density at radius 3 is 2.29 bits per heavy atom. The molecule has 0 saturated carbocycles. The van der Waals surface area contributed by atoms with Crippen LogP contribution in [0.4, 0.5) is 0 Å². The third-order valence-electron chi connectivity index (χ3n) is 3.97. The van der Waals surface area contributed by atoms with Gasteiger partial charge in [0.1, 0.15) is 0 Å². The standard InChI is InChI=1S/C14H30N2S/c1-14(2,3)13(12-17)11-15(4)9-10-16-7-5-6-8-16/h13,17H,5-12H2,1-4H3. The van der Waals surface area contributed by atoms with E-state index in [0.717, 1.165) is 5.75 Å². The molecule has 1 fully saturated rings. The molecule has 0 aromatic rings. The first-order chi connectivity index (χ1) is 7.93. The Hall–Kier alpha value is 0.270. The summed E-state index contributed by atoms with van der Waals surface area (Å²) in [7, 11) is 2.25. The van der Waals surface area contributed by atoms with E-state index < -0.39 is 0 Å². The zero-order valence-corrected chi connectivity index (χ0v) is 13.0. The molecule has 1 aliphatic rings. The van der Waals surface area contributed by atoms with Gasteiger partial charge in [-0.25, -0.2) is 0 Å². The number of rotatable bonds is 6. The first kappa shape index (κ1) is 15.3. The Kier molecular flexibility index (Phi) is 6.32. The molecule has 1 aliphatic heterocycles. The third-order valence-corrected chi connectivity index (χ3v) is 4.41. The van der Waals surface area contributed by atoms with Gasteiger partial charge in [0.25, 0.3) is 0 Å². The van der Waals surface area contributed by atoms with Gasteiger partial charge in [-0.3, -0.25) is 0 Å². The number of hydrogen-bond donors (Lipinski definition) is 1. The fourth-order valence-corrected chi connectivity index (χ4v) is 3.05. The van der Waals surface area contributed by atoms with Crippen molar-refractivity contribution < 1.29 is 0 Å². The van der Waals surface area contributed by atoms with E-state index >= 15 is 0 Å². The van der Waals surface area contributed by atoms with Gasteiger partial charge in [-0.15, -0.1) is 0 Å². The van der Waals surface area contributed by atoms with Crippen molar-refractivity contribution in [1.82, 2.24) is 9.80 Å². The molecule has 3 heteroatoms. The van der Waals surface area contributed by atoms with Crippen LogP contribution in [-0.4, -0.2) is 55.3 Å². The molecular weight excluding hydrogens is 228 g/mol. The maximum absolute atomic E-state index is 4.50. The maximum Gasteiger partial charge on any atom is 0.0109 e. The molecule has 1 rings (SSSR count). The lowest BCUT2D eigenvalue weighted by molar-refractivity contribution is 0.173. The van der Waals surface area contributed by atoms with E-state index in [1.165, 1.54) is 45.6 Å². The van der Waals surface area contributed by atoms with Crippen LogP contribution in [0.1, 0.15) is 33.6 Å². The first-order valence-corrected chi connectivity index (χ1v) is 7.58. The van der Waals surface area contributed by atoms with Crippen molar-refractivity contribution in [1.29, 1.82) is 0 Å². The monoisotopic (exact) mass is 258 g/mol. The van der Waals surface area contributed by atoms with E-state index in [9.17, 15) is 0 Å². The van der Waals surface area contributed by atoms with Crippen molar-refractivity contribution in [2.24, 2.45) is 11.3 Å². The Bertz CT molecular complexity index is 207. The quantitative estimate of drug-likeness (QED) is 0.732. The molecule has 0 aliphatic carbocycles. The molecule has 0 N–H and O–H groups in total. The zero-order chi connectivity index (χ0) is 12.9. The summed E-state index contributed by atoms with van der Waals surface area (Å²) in [5, 5.41) is 0. The van der Waals surface area contributed by atoms with Crippen LogP contribution in [0, 0.1) is 11.3 Å². The Morgan fingerprint density at radius 1 is 1.24 bits per heavy atom. The topological polar surface area (TPSA) is 6.48 Å². The lowest BCUT2D eigenvalue weighted by Gasteiger charge is -2.33. The summed E-state index contributed by atoms with van der Waals surface area (Å²) in [4.78, 5) is 5.06. The molecule has 1 atom stereocenters. The minimum absolute atomic E-state index is 0.365. The van der Waals surface area contributed by atoms with Gasteiger partial charge < -0.3 is 9.80 Å². The molecule has 1 saturated heterocycles. The summed E-state index contributed by atoms with van der Waals surface area (Å²) in [6, 6.07) is 0. The Morgan fingerprint density at radius 2 is 1.82 bits per heavy atom. The number of thiol groups is 1. The molecule has 1 unspecified atom stereocenters. The fourth-order valence-electron chi connectivity index (χ4n) is 2.39. The predicted octanol–water partition coefficient (Wildman–Crippen LogP) is 2.61. The molecule has 0 amide bonds. The van der Waals surface area contributed by atoms with Crippen LogP contribution in [0.25, 0.3) is 0 Å². The predicted molar refractivity (Wildman–Crippen MR) is 80.0 cm³/mol. The molecule has 0 radical (unpaired) electrons. The van der Waals surface area contributed by atoms with Crippen molar-refractivity contribution >= 4 is 12.6 Å². The highest BCUT2D eigenvalue weighted by Gasteiger charge is 2.24. The van der Waals surface area contributed by atoms with E-state index in [0.29, 0.717) is 11.3 Å². The average Bonchev–Trinajstić information content (AvgIpc) is 2.74. The largest absolute Gasteiger partial charge is 0.305 e. The number of nitrogens with zero attached hydrogens (tertiary/aromatic N) is 2. The molecule has 102 valence electrons. The van der Waals surface area contributed by atoms with Gasteiger partial charge >= 0.3 is 0 Å². The Balaban J connectivity index is 2.24. The maximum atomic E-state index is 4.50. The molecule has 0 bridgehead atoms. The van der Waals surface area contributed by atoms with Crippen molar-refractivity contribution in [3.63, 3.8) is 0 Å². The van der Waals surface area contributed by atoms with Crippen LogP contribution in [0.3, 0.4) is 0 Å².